The van der Waals surface area contributed by atoms with E-state index < -0.39 is 0 Å². The summed E-state index contributed by atoms with van der Waals surface area (Å²) in [5, 5.41) is 3.97. The molecule has 19 heavy (non-hydrogen) atoms. The number of para-hydroxylation sites is 1. The molecule has 1 fully saturated rings. The molecule has 3 heteroatoms. The Morgan fingerprint density at radius 1 is 1.16 bits per heavy atom. The molecule has 0 saturated heterocycles. The van der Waals surface area contributed by atoms with Gasteiger partial charge in [-0.3, -0.25) is 0 Å². The molecule has 1 aliphatic carbocycles. The van der Waals surface area contributed by atoms with Gasteiger partial charge in [0.25, 0.3) is 0 Å². The third-order valence-corrected chi connectivity index (χ3v) is 4.99. The molecule has 0 spiro atoms. The number of benzene rings is 1. The van der Waals surface area contributed by atoms with Crippen LogP contribution in [0, 0.1) is 5.92 Å². The minimum atomic E-state index is 0.369. The quantitative estimate of drug-likeness (QED) is 0.851. The van der Waals surface area contributed by atoms with Crippen molar-refractivity contribution in [3.8, 4) is 5.75 Å². The molecule has 1 aliphatic heterocycles. The lowest BCUT2D eigenvalue weighted by Crippen LogP contribution is -2.33. The van der Waals surface area contributed by atoms with Gasteiger partial charge in [0.1, 0.15) is 5.75 Å². The second kappa shape index (κ2) is 6.15. The summed E-state index contributed by atoms with van der Waals surface area (Å²) in [4.78, 5) is 0. The van der Waals surface area contributed by atoms with Crippen molar-refractivity contribution in [1.29, 1.82) is 0 Å². The van der Waals surface area contributed by atoms with Crippen molar-refractivity contribution in [2.45, 2.75) is 37.0 Å². The fourth-order valence-electron chi connectivity index (χ4n) is 3.23. The predicted octanol–water partition coefficient (Wildman–Crippen LogP) is 3.55. The van der Waals surface area contributed by atoms with Crippen LogP contribution in [0.25, 0.3) is 0 Å². The van der Waals surface area contributed by atoms with E-state index in [9.17, 15) is 0 Å². The van der Waals surface area contributed by atoms with E-state index in [0.717, 1.165) is 25.4 Å². The number of fused-ring (bicyclic) bond motifs is 1. The first-order valence-corrected chi connectivity index (χ1v) is 7.85. The summed E-state index contributed by atoms with van der Waals surface area (Å²) in [6.07, 6.45) is 5.10. The first-order chi connectivity index (χ1) is 9.34. The van der Waals surface area contributed by atoms with Crippen LogP contribution in [0.2, 0.25) is 0 Å². The highest BCUT2D eigenvalue weighted by Gasteiger charge is 2.25. The summed E-state index contributed by atoms with van der Waals surface area (Å²) in [7, 11) is 0. The van der Waals surface area contributed by atoms with Gasteiger partial charge in [0, 0.05) is 23.4 Å². The first-order valence-electron chi connectivity index (χ1n) is 7.41. The monoisotopic (exact) mass is 279 g/mol. The third kappa shape index (κ3) is 3.06. The van der Waals surface area contributed by atoms with Crippen LogP contribution in [-0.4, -0.2) is 25.1 Å². The van der Waals surface area contributed by atoms with E-state index in [0.29, 0.717) is 17.2 Å². The summed E-state index contributed by atoms with van der Waals surface area (Å²) in [6, 6.07) is 8.37. The molecule has 1 aromatic carbocycles. The van der Waals surface area contributed by atoms with Crippen LogP contribution in [-0.2, 0) is 0 Å². The second-order valence-corrected chi connectivity index (χ2v) is 6.33. The van der Waals surface area contributed by atoms with Gasteiger partial charge in [-0.2, -0.15) is 0 Å². The fraction of sp³-hybridized carbons (Fsp3) is 0.625. The number of rotatable bonds is 4. The zero-order valence-corrected chi connectivity index (χ0v) is 12.0. The van der Waals surface area contributed by atoms with E-state index in [1.165, 1.54) is 31.2 Å². The van der Waals surface area contributed by atoms with Crippen molar-refractivity contribution in [3.63, 3.8) is 0 Å². The molecule has 1 N–H and O–H groups in total. The highest BCUT2D eigenvalue weighted by molar-refractivity contribution is 6.20. The van der Waals surface area contributed by atoms with Gasteiger partial charge in [0.2, 0.25) is 0 Å². The van der Waals surface area contributed by atoms with Crippen molar-refractivity contribution in [2.75, 3.05) is 19.7 Å². The van der Waals surface area contributed by atoms with Gasteiger partial charge in [-0.15, -0.1) is 11.6 Å². The maximum absolute atomic E-state index is 6.39. The molecule has 0 amide bonds. The van der Waals surface area contributed by atoms with Crippen LogP contribution in [0.1, 0.15) is 37.2 Å². The van der Waals surface area contributed by atoms with Crippen LogP contribution in [0.3, 0.4) is 0 Å². The number of hydrogen-bond acceptors (Lipinski definition) is 2. The average molecular weight is 280 g/mol. The highest BCUT2D eigenvalue weighted by atomic mass is 35.5. The molecule has 2 aliphatic rings. The van der Waals surface area contributed by atoms with Crippen molar-refractivity contribution < 1.29 is 4.74 Å². The Morgan fingerprint density at radius 3 is 2.89 bits per heavy atom. The lowest BCUT2D eigenvalue weighted by molar-refractivity contribution is 0.313. The Balaban J connectivity index is 1.48. The topological polar surface area (TPSA) is 21.3 Å². The van der Waals surface area contributed by atoms with Crippen molar-refractivity contribution in [2.24, 2.45) is 5.92 Å². The van der Waals surface area contributed by atoms with Crippen molar-refractivity contribution in [3.05, 3.63) is 29.8 Å². The SMILES string of the molecule is ClC1CCCCC1CNCC1COc2ccccc21. The van der Waals surface area contributed by atoms with Gasteiger partial charge in [-0.1, -0.05) is 31.0 Å². The smallest absolute Gasteiger partial charge is 0.122 e. The Hall–Kier alpha value is -0.730. The van der Waals surface area contributed by atoms with Gasteiger partial charge < -0.3 is 10.1 Å². The molecule has 3 unspecified atom stereocenters. The van der Waals surface area contributed by atoms with Gasteiger partial charge in [0.15, 0.2) is 0 Å². The van der Waals surface area contributed by atoms with Crippen LogP contribution < -0.4 is 10.1 Å². The Kier molecular flexibility index (Phi) is 4.29. The van der Waals surface area contributed by atoms with E-state index in [1.54, 1.807) is 0 Å². The lowest BCUT2D eigenvalue weighted by atomic mass is 9.88. The Labute approximate surface area is 120 Å². The van der Waals surface area contributed by atoms with Crippen LogP contribution in [0.4, 0.5) is 0 Å². The summed E-state index contributed by atoms with van der Waals surface area (Å²) in [6.45, 7) is 2.85. The van der Waals surface area contributed by atoms with Crippen LogP contribution >= 0.6 is 11.6 Å². The maximum Gasteiger partial charge on any atom is 0.122 e. The molecule has 1 heterocycles. The number of alkyl halides is 1. The predicted molar refractivity (Wildman–Crippen MR) is 79.1 cm³/mol. The zero-order chi connectivity index (χ0) is 13.1. The number of nitrogens with one attached hydrogen (secondary N) is 1. The lowest BCUT2D eigenvalue weighted by Gasteiger charge is -2.27. The standard InChI is InChI=1S/C16H22ClNO/c17-15-7-3-1-5-12(15)9-18-10-13-11-19-16-8-4-2-6-14(13)16/h2,4,6,8,12-13,15,18H,1,3,5,7,9-11H2. The Bertz CT molecular complexity index is 423. The normalized spacial score (nSPS) is 29.8. The number of ether oxygens (including phenoxy) is 1. The number of halogens is 1. The zero-order valence-electron chi connectivity index (χ0n) is 11.3. The first kappa shape index (κ1) is 13.3. The molecule has 0 bridgehead atoms. The maximum atomic E-state index is 6.39. The molecular weight excluding hydrogens is 258 g/mol. The molecule has 0 aromatic heterocycles. The molecule has 1 aromatic rings. The van der Waals surface area contributed by atoms with E-state index >= 15 is 0 Å². The van der Waals surface area contributed by atoms with Gasteiger partial charge >= 0.3 is 0 Å². The molecule has 1 saturated carbocycles. The number of hydrogen-bond donors (Lipinski definition) is 1. The summed E-state index contributed by atoms with van der Waals surface area (Å²) < 4.78 is 5.71. The molecular formula is C16H22ClNO. The highest BCUT2D eigenvalue weighted by Crippen LogP contribution is 2.33. The second-order valence-electron chi connectivity index (χ2n) is 5.76. The molecule has 104 valence electrons. The summed E-state index contributed by atoms with van der Waals surface area (Å²) in [5.41, 5.74) is 1.35. The van der Waals surface area contributed by atoms with Crippen LogP contribution in [0.5, 0.6) is 5.75 Å². The van der Waals surface area contributed by atoms with Gasteiger partial charge in [0.05, 0.1) is 6.61 Å². The van der Waals surface area contributed by atoms with E-state index in [-0.39, 0.29) is 0 Å². The summed E-state index contributed by atoms with van der Waals surface area (Å²) >= 11 is 6.39. The van der Waals surface area contributed by atoms with Crippen molar-refractivity contribution >= 4 is 11.6 Å². The minimum Gasteiger partial charge on any atom is -0.493 e. The fourth-order valence-corrected chi connectivity index (χ4v) is 3.60. The van der Waals surface area contributed by atoms with Crippen LogP contribution in [0.15, 0.2) is 24.3 Å². The average Bonchev–Trinajstić information content (AvgIpc) is 2.85. The molecule has 3 rings (SSSR count). The van der Waals surface area contributed by atoms with E-state index in [1.807, 2.05) is 6.07 Å². The van der Waals surface area contributed by atoms with Crippen molar-refractivity contribution in [1.82, 2.24) is 5.32 Å². The molecule has 3 atom stereocenters. The van der Waals surface area contributed by atoms with E-state index in [2.05, 4.69) is 23.5 Å². The molecule has 0 radical (unpaired) electrons. The minimum absolute atomic E-state index is 0.369. The largest absolute Gasteiger partial charge is 0.493 e. The molecule has 2 nitrogen and oxygen atoms in total. The Morgan fingerprint density at radius 2 is 2.00 bits per heavy atom. The van der Waals surface area contributed by atoms with Gasteiger partial charge in [-0.25, -0.2) is 0 Å². The summed E-state index contributed by atoms with van der Waals surface area (Å²) in [5.74, 6) is 2.20. The third-order valence-electron chi connectivity index (χ3n) is 4.41. The van der Waals surface area contributed by atoms with Gasteiger partial charge in [-0.05, 0) is 31.4 Å². The van der Waals surface area contributed by atoms with E-state index in [4.69, 9.17) is 16.3 Å².